The van der Waals surface area contributed by atoms with E-state index in [1.807, 2.05) is 41.3 Å². The average Bonchev–Trinajstić information content (AvgIpc) is 3.21. The second-order valence-electron chi connectivity index (χ2n) is 8.80. The number of likely N-dealkylation sites (N-methyl/N-ethyl adjacent to an activating group) is 1. The molecule has 2 fully saturated rings. The lowest BCUT2D eigenvalue weighted by molar-refractivity contribution is -0.127. The summed E-state index contributed by atoms with van der Waals surface area (Å²) in [5.41, 5.74) is 1.67. The van der Waals surface area contributed by atoms with Crippen LogP contribution in [-0.4, -0.2) is 82.9 Å². The summed E-state index contributed by atoms with van der Waals surface area (Å²) in [6.07, 6.45) is -0.583. The molecule has 2 aromatic carbocycles. The fourth-order valence-corrected chi connectivity index (χ4v) is 4.83. The van der Waals surface area contributed by atoms with Crippen molar-refractivity contribution in [3.8, 4) is 0 Å². The highest BCUT2D eigenvalue weighted by Crippen LogP contribution is 2.28. The summed E-state index contributed by atoms with van der Waals surface area (Å²) in [4.78, 5) is 37.7. The highest BCUT2D eigenvalue weighted by molar-refractivity contribution is 6.30. The van der Waals surface area contributed by atoms with Crippen LogP contribution < -0.4 is 5.32 Å². The number of guanidine groups is 1. The zero-order chi connectivity index (χ0) is 23.8. The summed E-state index contributed by atoms with van der Waals surface area (Å²) < 4.78 is 14.1. The average molecular weight is 485 g/mol. The Kier molecular flexibility index (Phi) is 6.14. The van der Waals surface area contributed by atoms with Gasteiger partial charge in [-0.3, -0.25) is 15.0 Å². The molecule has 10 heteroatoms. The van der Waals surface area contributed by atoms with Crippen molar-refractivity contribution in [1.82, 2.24) is 24.9 Å². The third-order valence-corrected chi connectivity index (χ3v) is 6.86. The molecule has 3 heterocycles. The molecule has 0 bridgehead atoms. The zero-order valence-electron chi connectivity index (χ0n) is 18.8. The number of benzene rings is 2. The van der Waals surface area contributed by atoms with Gasteiger partial charge < -0.3 is 14.7 Å². The van der Waals surface area contributed by atoms with Crippen LogP contribution in [-0.2, 0) is 17.9 Å². The zero-order valence-corrected chi connectivity index (χ0v) is 19.6. The molecule has 178 valence electrons. The van der Waals surface area contributed by atoms with Gasteiger partial charge in [-0.2, -0.15) is 0 Å². The molecule has 3 aliphatic heterocycles. The first-order valence-corrected chi connectivity index (χ1v) is 11.7. The summed E-state index contributed by atoms with van der Waals surface area (Å²) in [5.74, 6) is 0.160. The first-order chi connectivity index (χ1) is 16.4. The fraction of sp³-hybridized carbons (Fsp3) is 0.375. The van der Waals surface area contributed by atoms with Crippen molar-refractivity contribution in [3.05, 3.63) is 70.5 Å². The predicted octanol–water partition coefficient (Wildman–Crippen LogP) is 2.34. The number of carbonyl (C=O) groups is 2. The number of imide groups is 1. The molecular weight excluding hydrogens is 459 g/mol. The SMILES string of the molecule is CN1C(=O)NC(=O)C2C1N=C(N1CCN(Cc3ccccc3F)CC1)N2Cc1ccc(Cl)cc1. The molecule has 0 radical (unpaired) electrons. The molecule has 5 rings (SSSR count). The number of fused-ring (bicyclic) bond motifs is 1. The molecule has 0 aromatic heterocycles. The van der Waals surface area contributed by atoms with Gasteiger partial charge in [0.1, 0.15) is 5.82 Å². The number of hydrogen-bond acceptors (Lipinski definition) is 6. The Morgan fingerprint density at radius 3 is 2.44 bits per heavy atom. The number of hydrogen-bond donors (Lipinski definition) is 1. The maximum Gasteiger partial charge on any atom is 0.325 e. The van der Waals surface area contributed by atoms with Gasteiger partial charge in [0.25, 0.3) is 5.91 Å². The number of aliphatic imine (C=N–C) groups is 1. The number of nitrogens with one attached hydrogen (secondary N) is 1. The van der Waals surface area contributed by atoms with Crippen molar-refractivity contribution in [3.63, 3.8) is 0 Å². The molecule has 2 unspecified atom stereocenters. The van der Waals surface area contributed by atoms with E-state index in [-0.39, 0.29) is 11.7 Å². The van der Waals surface area contributed by atoms with Crippen molar-refractivity contribution in [2.24, 2.45) is 4.99 Å². The van der Waals surface area contributed by atoms with Crippen molar-refractivity contribution in [1.29, 1.82) is 0 Å². The van der Waals surface area contributed by atoms with E-state index in [1.54, 1.807) is 13.1 Å². The lowest BCUT2D eigenvalue weighted by Crippen LogP contribution is -2.64. The minimum Gasteiger partial charge on any atom is -0.340 e. The molecule has 34 heavy (non-hydrogen) atoms. The Bertz CT molecular complexity index is 1120. The van der Waals surface area contributed by atoms with Crippen molar-refractivity contribution >= 4 is 29.5 Å². The second kappa shape index (κ2) is 9.23. The number of halogens is 2. The van der Waals surface area contributed by atoms with Crippen LogP contribution in [0.1, 0.15) is 11.1 Å². The molecule has 3 amide bonds. The van der Waals surface area contributed by atoms with E-state index in [0.717, 1.165) is 18.7 Å². The maximum atomic E-state index is 14.1. The van der Waals surface area contributed by atoms with E-state index >= 15 is 0 Å². The Morgan fingerprint density at radius 2 is 1.74 bits per heavy atom. The van der Waals surface area contributed by atoms with E-state index < -0.39 is 18.2 Å². The monoisotopic (exact) mass is 484 g/mol. The van der Waals surface area contributed by atoms with Crippen LogP contribution in [0.2, 0.25) is 5.02 Å². The lowest BCUT2D eigenvalue weighted by Gasteiger charge is -2.40. The molecule has 2 atom stereocenters. The minimum absolute atomic E-state index is 0.193. The molecule has 0 aliphatic carbocycles. The lowest BCUT2D eigenvalue weighted by atomic mass is 10.1. The Balaban J connectivity index is 1.35. The summed E-state index contributed by atoms with van der Waals surface area (Å²) in [7, 11) is 1.65. The van der Waals surface area contributed by atoms with Crippen molar-refractivity contribution in [2.75, 3.05) is 33.2 Å². The first-order valence-electron chi connectivity index (χ1n) is 11.3. The van der Waals surface area contributed by atoms with Gasteiger partial charge in [0.15, 0.2) is 18.2 Å². The van der Waals surface area contributed by atoms with Crippen LogP contribution in [0.4, 0.5) is 9.18 Å². The third-order valence-electron chi connectivity index (χ3n) is 6.61. The number of amides is 3. The molecule has 1 N–H and O–H groups in total. The van der Waals surface area contributed by atoms with Gasteiger partial charge in [-0.15, -0.1) is 0 Å². The van der Waals surface area contributed by atoms with Gasteiger partial charge in [0, 0.05) is 56.9 Å². The molecule has 3 aliphatic rings. The van der Waals surface area contributed by atoms with E-state index in [9.17, 15) is 14.0 Å². The summed E-state index contributed by atoms with van der Waals surface area (Å²) in [6.45, 7) is 3.84. The van der Waals surface area contributed by atoms with Crippen LogP contribution in [0.25, 0.3) is 0 Å². The Morgan fingerprint density at radius 1 is 1.03 bits per heavy atom. The van der Waals surface area contributed by atoms with Gasteiger partial charge in [-0.1, -0.05) is 41.9 Å². The Labute approximate surface area is 202 Å². The molecule has 8 nitrogen and oxygen atoms in total. The van der Waals surface area contributed by atoms with E-state index in [1.165, 1.54) is 11.0 Å². The largest absolute Gasteiger partial charge is 0.340 e. The van der Waals surface area contributed by atoms with Crippen LogP contribution >= 0.6 is 11.6 Å². The van der Waals surface area contributed by atoms with Gasteiger partial charge >= 0.3 is 6.03 Å². The normalized spacial score (nSPS) is 23.1. The van der Waals surface area contributed by atoms with Crippen LogP contribution in [0.15, 0.2) is 53.5 Å². The van der Waals surface area contributed by atoms with Crippen molar-refractivity contribution in [2.45, 2.75) is 25.3 Å². The Hall–Kier alpha value is -3.17. The van der Waals surface area contributed by atoms with Crippen LogP contribution in [0, 0.1) is 5.82 Å². The third kappa shape index (κ3) is 4.33. The summed E-state index contributed by atoms with van der Waals surface area (Å²) >= 11 is 6.05. The van der Waals surface area contributed by atoms with E-state index in [0.29, 0.717) is 42.7 Å². The highest BCUT2D eigenvalue weighted by atomic mass is 35.5. The smallest absolute Gasteiger partial charge is 0.325 e. The minimum atomic E-state index is -0.607. The summed E-state index contributed by atoms with van der Waals surface area (Å²) in [6, 6.07) is 13.3. The van der Waals surface area contributed by atoms with E-state index in [4.69, 9.17) is 16.6 Å². The van der Waals surface area contributed by atoms with Gasteiger partial charge in [-0.05, 0) is 23.8 Å². The predicted molar refractivity (Wildman–Crippen MR) is 127 cm³/mol. The number of piperazine rings is 1. The van der Waals surface area contributed by atoms with Gasteiger partial charge in [-0.25, -0.2) is 14.2 Å². The molecule has 0 spiro atoms. The fourth-order valence-electron chi connectivity index (χ4n) is 4.70. The van der Waals surface area contributed by atoms with Crippen molar-refractivity contribution < 1.29 is 14.0 Å². The first kappa shape index (κ1) is 22.6. The summed E-state index contributed by atoms with van der Waals surface area (Å²) in [5, 5.41) is 3.08. The number of carbonyl (C=O) groups excluding carboxylic acids is 2. The van der Waals surface area contributed by atoms with Crippen LogP contribution in [0.5, 0.6) is 0 Å². The standard InChI is InChI=1S/C24H26ClFN6O2/c1-29-21-20(22(33)28-24(29)34)32(14-16-6-8-18(25)9-7-16)23(27-21)31-12-10-30(11-13-31)15-17-4-2-3-5-19(17)26/h2-9,20-21H,10-15H2,1H3,(H,28,33,34). The number of nitrogens with zero attached hydrogens (tertiary/aromatic N) is 5. The van der Waals surface area contributed by atoms with Gasteiger partial charge in [0.2, 0.25) is 0 Å². The second-order valence-corrected chi connectivity index (χ2v) is 9.24. The highest BCUT2D eigenvalue weighted by Gasteiger charge is 2.49. The van der Waals surface area contributed by atoms with Crippen LogP contribution in [0.3, 0.4) is 0 Å². The molecule has 2 aromatic rings. The quantitative estimate of drug-likeness (QED) is 0.721. The molecular formula is C24H26ClFN6O2. The number of rotatable bonds is 4. The molecule has 2 saturated heterocycles. The number of urea groups is 1. The topological polar surface area (TPSA) is 71.5 Å². The molecule has 0 saturated carbocycles. The van der Waals surface area contributed by atoms with Gasteiger partial charge in [0.05, 0.1) is 0 Å². The maximum absolute atomic E-state index is 14.1. The van der Waals surface area contributed by atoms with E-state index in [2.05, 4.69) is 15.1 Å².